The van der Waals surface area contributed by atoms with Crippen LogP contribution in [-0.2, 0) is 16.0 Å². The van der Waals surface area contributed by atoms with E-state index in [1.165, 1.54) is 5.56 Å². The number of amides is 2. The summed E-state index contributed by atoms with van der Waals surface area (Å²) in [6, 6.07) is 19.3. The average molecular weight is 435 g/mol. The zero-order valence-electron chi connectivity index (χ0n) is 17.5. The topological polar surface area (TPSA) is 62.6 Å². The van der Waals surface area contributed by atoms with E-state index in [0.29, 0.717) is 0 Å². The number of fused-ring (bicyclic) bond motifs is 1. The van der Waals surface area contributed by atoms with Crippen LogP contribution in [0.2, 0.25) is 0 Å². The van der Waals surface area contributed by atoms with Crippen LogP contribution in [0.15, 0.2) is 76.2 Å². The number of furan rings is 1. The maximum absolute atomic E-state index is 13.1. The Morgan fingerprint density at radius 3 is 2.68 bits per heavy atom. The van der Waals surface area contributed by atoms with Gasteiger partial charge >= 0.3 is 0 Å². The Morgan fingerprint density at radius 2 is 1.94 bits per heavy atom. The Morgan fingerprint density at radius 1 is 1.13 bits per heavy atom. The van der Waals surface area contributed by atoms with Gasteiger partial charge in [0.15, 0.2) is 0 Å². The first-order valence-electron chi connectivity index (χ1n) is 10.6. The largest absolute Gasteiger partial charge is 0.468 e. The highest BCUT2D eigenvalue weighted by atomic mass is 32.2. The molecular weight excluding hydrogens is 408 g/mol. The molecule has 0 aliphatic carbocycles. The van der Waals surface area contributed by atoms with Crippen molar-refractivity contribution in [2.24, 2.45) is 0 Å². The summed E-state index contributed by atoms with van der Waals surface area (Å²) in [5.41, 5.74) is 2.76. The summed E-state index contributed by atoms with van der Waals surface area (Å²) in [5, 5.41) is 2.81. The summed E-state index contributed by atoms with van der Waals surface area (Å²) in [6.45, 7) is 2.14. The van der Waals surface area contributed by atoms with Crippen molar-refractivity contribution in [2.75, 3.05) is 16.8 Å². The van der Waals surface area contributed by atoms with Crippen molar-refractivity contribution < 1.29 is 14.0 Å². The van der Waals surface area contributed by atoms with E-state index in [-0.39, 0.29) is 30.0 Å². The fourth-order valence-corrected chi connectivity index (χ4v) is 4.90. The van der Waals surface area contributed by atoms with Crippen molar-refractivity contribution in [2.45, 2.75) is 42.8 Å². The second-order valence-corrected chi connectivity index (χ2v) is 8.87. The van der Waals surface area contributed by atoms with Gasteiger partial charge in [-0.05, 0) is 54.8 Å². The first-order chi connectivity index (χ1) is 15.1. The standard InChI is InChI=1S/C25H26N2O3S/c1-2-3-7-18-11-13-19(14-12-18)26-24(28)17-27-20-8-4-5-10-22(20)31-23(16-25(27)29)21-9-6-15-30-21/h4-6,8-15,23H,2-3,7,16-17H2,1H3,(H,26,28)/t23-/m1/s1. The number of thioether (sulfide) groups is 1. The number of benzene rings is 2. The zero-order valence-corrected chi connectivity index (χ0v) is 18.4. The lowest BCUT2D eigenvalue weighted by molar-refractivity contribution is -0.121. The summed E-state index contributed by atoms with van der Waals surface area (Å²) in [4.78, 5) is 28.4. The second kappa shape index (κ2) is 9.88. The molecule has 6 heteroatoms. The number of carbonyl (C=O) groups excluding carboxylic acids is 2. The van der Waals surface area contributed by atoms with Gasteiger partial charge in [0.2, 0.25) is 11.8 Å². The SMILES string of the molecule is CCCCc1ccc(NC(=O)CN2C(=O)C[C@H](c3ccco3)Sc3ccccc32)cc1. The van der Waals surface area contributed by atoms with Gasteiger partial charge in [-0.25, -0.2) is 0 Å². The Labute approximate surface area is 186 Å². The molecule has 0 bridgehead atoms. The van der Waals surface area contributed by atoms with Gasteiger partial charge in [-0.2, -0.15) is 0 Å². The molecule has 1 aromatic heterocycles. The zero-order chi connectivity index (χ0) is 21.6. The maximum atomic E-state index is 13.1. The number of hydrogen-bond acceptors (Lipinski definition) is 4. The molecule has 160 valence electrons. The van der Waals surface area contributed by atoms with Crippen molar-refractivity contribution in [1.29, 1.82) is 0 Å². The molecule has 31 heavy (non-hydrogen) atoms. The normalized spacial score (nSPS) is 16.0. The van der Waals surface area contributed by atoms with Gasteiger partial charge in [0.25, 0.3) is 0 Å². The highest BCUT2D eigenvalue weighted by Crippen LogP contribution is 2.45. The van der Waals surface area contributed by atoms with Crippen LogP contribution < -0.4 is 10.2 Å². The van der Waals surface area contributed by atoms with Crippen LogP contribution in [0.1, 0.15) is 42.8 Å². The van der Waals surface area contributed by atoms with Gasteiger partial charge in [-0.1, -0.05) is 37.6 Å². The van der Waals surface area contributed by atoms with Gasteiger partial charge in [0.05, 0.1) is 17.2 Å². The third-order valence-corrected chi connectivity index (χ3v) is 6.59. The molecule has 0 radical (unpaired) electrons. The van der Waals surface area contributed by atoms with E-state index in [4.69, 9.17) is 4.42 Å². The summed E-state index contributed by atoms with van der Waals surface area (Å²) < 4.78 is 5.55. The van der Waals surface area contributed by atoms with E-state index < -0.39 is 0 Å². The van der Waals surface area contributed by atoms with E-state index in [9.17, 15) is 9.59 Å². The fraction of sp³-hybridized carbons (Fsp3) is 0.280. The third-order valence-electron chi connectivity index (χ3n) is 5.31. The molecule has 4 rings (SSSR count). The highest BCUT2D eigenvalue weighted by Gasteiger charge is 2.31. The van der Waals surface area contributed by atoms with E-state index >= 15 is 0 Å². The molecule has 1 atom stereocenters. The number of aryl methyl sites for hydroxylation is 1. The molecule has 0 saturated carbocycles. The smallest absolute Gasteiger partial charge is 0.244 e. The second-order valence-electron chi connectivity index (χ2n) is 7.62. The van der Waals surface area contributed by atoms with Crippen LogP contribution in [0.5, 0.6) is 0 Å². The van der Waals surface area contributed by atoms with Crippen molar-refractivity contribution >= 4 is 35.0 Å². The van der Waals surface area contributed by atoms with E-state index in [0.717, 1.165) is 41.3 Å². The number of nitrogens with one attached hydrogen (secondary N) is 1. The van der Waals surface area contributed by atoms with E-state index in [2.05, 4.69) is 12.2 Å². The Kier molecular flexibility index (Phi) is 6.77. The Balaban J connectivity index is 1.48. The summed E-state index contributed by atoms with van der Waals surface area (Å²) in [5.74, 6) is 0.456. The van der Waals surface area contributed by atoms with Crippen molar-refractivity contribution in [3.8, 4) is 0 Å². The molecule has 0 fully saturated rings. The number of rotatable bonds is 7. The third kappa shape index (κ3) is 5.20. The lowest BCUT2D eigenvalue weighted by atomic mass is 10.1. The summed E-state index contributed by atoms with van der Waals surface area (Å²) in [7, 11) is 0. The molecule has 0 unspecified atom stereocenters. The summed E-state index contributed by atoms with van der Waals surface area (Å²) in [6.07, 6.45) is 5.24. The van der Waals surface area contributed by atoms with Gasteiger partial charge < -0.3 is 14.6 Å². The van der Waals surface area contributed by atoms with Crippen LogP contribution in [0, 0.1) is 0 Å². The van der Waals surface area contributed by atoms with E-state index in [1.807, 2.05) is 60.7 Å². The number of anilines is 2. The number of nitrogens with zero attached hydrogens (tertiary/aromatic N) is 1. The maximum Gasteiger partial charge on any atom is 0.244 e. The molecule has 1 aliphatic rings. The molecule has 1 N–H and O–H groups in total. The molecule has 3 aromatic rings. The van der Waals surface area contributed by atoms with Crippen molar-refractivity contribution in [3.05, 3.63) is 78.3 Å². The van der Waals surface area contributed by atoms with Gasteiger partial charge in [-0.3, -0.25) is 9.59 Å². The van der Waals surface area contributed by atoms with Crippen LogP contribution in [0.25, 0.3) is 0 Å². The lowest BCUT2D eigenvalue weighted by Crippen LogP contribution is -2.38. The minimum Gasteiger partial charge on any atom is -0.468 e. The number of unbranched alkanes of at least 4 members (excludes halogenated alkanes) is 1. The monoisotopic (exact) mass is 434 g/mol. The molecule has 2 aromatic carbocycles. The number of para-hydroxylation sites is 1. The number of carbonyl (C=O) groups is 2. The fourth-order valence-electron chi connectivity index (χ4n) is 3.66. The van der Waals surface area contributed by atoms with Gasteiger partial charge in [0.1, 0.15) is 12.3 Å². The predicted molar refractivity (Wildman–Crippen MR) is 124 cm³/mol. The van der Waals surface area contributed by atoms with Gasteiger partial charge in [0, 0.05) is 17.0 Å². The first-order valence-corrected chi connectivity index (χ1v) is 11.5. The van der Waals surface area contributed by atoms with Crippen molar-refractivity contribution in [3.63, 3.8) is 0 Å². The van der Waals surface area contributed by atoms with E-state index in [1.54, 1.807) is 22.9 Å². The van der Waals surface area contributed by atoms with Gasteiger partial charge in [-0.15, -0.1) is 11.8 Å². The van der Waals surface area contributed by atoms with Crippen LogP contribution in [0.4, 0.5) is 11.4 Å². The molecular formula is C25H26N2O3S. The molecule has 0 saturated heterocycles. The molecule has 5 nitrogen and oxygen atoms in total. The van der Waals surface area contributed by atoms with Crippen LogP contribution in [-0.4, -0.2) is 18.4 Å². The number of hydrogen-bond donors (Lipinski definition) is 1. The molecule has 2 amide bonds. The molecule has 0 spiro atoms. The van der Waals surface area contributed by atoms with Crippen LogP contribution in [0.3, 0.4) is 0 Å². The Hall–Kier alpha value is -2.99. The highest BCUT2D eigenvalue weighted by molar-refractivity contribution is 7.99. The average Bonchev–Trinajstić information content (AvgIpc) is 3.28. The molecule has 1 aliphatic heterocycles. The lowest BCUT2D eigenvalue weighted by Gasteiger charge is -2.22. The molecule has 2 heterocycles. The van der Waals surface area contributed by atoms with Crippen LogP contribution >= 0.6 is 11.8 Å². The van der Waals surface area contributed by atoms with Crippen molar-refractivity contribution in [1.82, 2.24) is 0 Å². The minimum atomic E-state index is -0.217. The quantitative estimate of drug-likeness (QED) is 0.508. The predicted octanol–water partition coefficient (Wildman–Crippen LogP) is 5.83. The first kappa shape index (κ1) is 21.2. The minimum absolute atomic E-state index is 0.0289. The Bertz CT molecular complexity index is 1030. The summed E-state index contributed by atoms with van der Waals surface area (Å²) >= 11 is 1.59.